The smallest absolute Gasteiger partial charge is 0.0158 e. The Kier molecular flexibility index (Phi) is 9.39. The molecule has 0 amide bonds. The van der Waals surface area contributed by atoms with Crippen LogP contribution in [0.2, 0.25) is 0 Å². The van der Waals surface area contributed by atoms with Crippen LogP contribution in [-0.2, 0) is 21.7 Å². The van der Waals surface area contributed by atoms with Gasteiger partial charge >= 0.3 is 0 Å². The summed E-state index contributed by atoms with van der Waals surface area (Å²) in [6.07, 6.45) is 8.29. The van der Waals surface area contributed by atoms with E-state index in [1.54, 1.807) is 44.5 Å². The molecule has 10 aliphatic carbocycles. The van der Waals surface area contributed by atoms with Gasteiger partial charge in [-0.2, -0.15) is 0 Å². The molecule has 0 heterocycles. The topological polar surface area (TPSA) is 0 Å². The largest absolute Gasteiger partial charge is 0.0619 e. The van der Waals surface area contributed by atoms with Crippen LogP contribution >= 0.6 is 0 Å². The molecule has 12 atom stereocenters. The molecule has 6 saturated carbocycles. The first-order valence-electron chi connectivity index (χ1n) is 31.7. The molecule has 0 aliphatic heterocycles. The van der Waals surface area contributed by atoms with Crippen LogP contribution < -0.4 is 0 Å². The number of benzene rings is 8. The maximum Gasteiger partial charge on any atom is 0.0158 e. The highest BCUT2D eigenvalue weighted by Crippen LogP contribution is 2.79. The molecule has 6 fully saturated rings. The summed E-state index contributed by atoms with van der Waals surface area (Å²) < 4.78 is 0. The van der Waals surface area contributed by atoms with Gasteiger partial charge in [0, 0.05) is 21.7 Å². The van der Waals surface area contributed by atoms with Crippen molar-refractivity contribution in [1.82, 2.24) is 0 Å². The second kappa shape index (κ2) is 15.8. The first-order valence-corrected chi connectivity index (χ1v) is 31.7. The lowest BCUT2D eigenvalue weighted by atomic mass is 9.45. The van der Waals surface area contributed by atoms with Crippen molar-refractivity contribution < 1.29 is 0 Å². The van der Waals surface area contributed by atoms with Crippen LogP contribution in [0, 0.1) is 59.2 Å². The van der Waals surface area contributed by atoms with Gasteiger partial charge in [-0.05, 0) is 233 Å². The average Bonchev–Trinajstić information content (AvgIpc) is 4.25. The molecular weight excluding hydrogens is 961 g/mol. The molecule has 398 valence electrons. The third kappa shape index (κ3) is 5.81. The Labute approximate surface area is 476 Å². The zero-order chi connectivity index (χ0) is 53.7. The van der Waals surface area contributed by atoms with Crippen LogP contribution in [-0.4, -0.2) is 0 Å². The number of hydrogen-bond donors (Lipinski definition) is 0. The van der Waals surface area contributed by atoms with Crippen molar-refractivity contribution in [2.24, 2.45) is 59.2 Å². The molecule has 8 aromatic rings. The maximum absolute atomic E-state index is 2.81. The quantitative estimate of drug-likeness (QED) is 0.165. The lowest BCUT2D eigenvalue weighted by Crippen LogP contribution is -2.51. The lowest BCUT2D eigenvalue weighted by Gasteiger charge is -2.59. The van der Waals surface area contributed by atoms with Gasteiger partial charge in [0.05, 0.1) is 0 Å². The first kappa shape index (κ1) is 47.4. The Morgan fingerprint density at radius 3 is 0.738 bits per heavy atom. The molecule has 10 aliphatic rings. The van der Waals surface area contributed by atoms with Gasteiger partial charge < -0.3 is 0 Å². The fourth-order valence-corrected chi connectivity index (χ4v) is 23.0. The summed E-state index contributed by atoms with van der Waals surface area (Å²) in [6.45, 7) is 20.1. The average molecular weight is 1040 g/mol. The van der Waals surface area contributed by atoms with Crippen LogP contribution in [0.15, 0.2) is 170 Å². The molecule has 0 saturated heterocycles. The third-order valence-corrected chi connectivity index (χ3v) is 25.9. The fourth-order valence-electron chi connectivity index (χ4n) is 23.0. The van der Waals surface area contributed by atoms with Crippen LogP contribution in [0.25, 0.3) is 44.5 Å². The van der Waals surface area contributed by atoms with Gasteiger partial charge in [-0.15, -0.1) is 0 Å². The molecule has 12 unspecified atom stereocenters. The van der Waals surface area contributed by atoms with E-state index in [1.807, 2.05) is 0 Å². The molecule has 8 aromatic carbocycles. The normalized spacial score (nSPS) is 33.1. The van der Waals surface area contributed by atoms with Crippen molar-refractivity contribution in [3.8, 4) is 44.5 Å². The minimum absolute atomic E-state index is 0.0260. The number of rotatable bonds is 4. The molecule has 80 heavy (non-hydrogen) atoms. The van der Waals surface area contributed by atoms with Crippen molar-refractivity contribution in [2.75, 3.05) is 0 Å². The Morgan fingerprint density at radius 2 is 0.463 bits per heavy atom. The van der Waals surface area contributed by atoms with E-state index in [0.717, 1.165) is 35.5 Å². The van der Waals surface area contributed by atoms with Crippen molar-refractivity contribution in [2.45, 2.75) is 139 Å². The van der Waals surface area contributed by atoms with Crippen molar-refractivity contribution in [3.05, 3.63) is 237 Å². The van der Waals surface area contributed by atoms with Crippen LogP contribution in [0.5, 0.6) is 0 Å². The SMILES string of the molecule is CC1(C)c2ccccc2-c2ccc(C3C4CCC5CCC6C(c7ccc8c(c7)C(C)(C)c7ccccc7-8)C(c7ccc8c(c7)C(C)(C)c7ccccc7-8)C7CCC(C3c3ccc8c(c3)C(C)(C)c3ccccc3-8)C3C4C5C6C73)cc21. The highest BCUT2D eigenvalue weighted by Gasteiger charge is 2.72. The summed E-state index contributed by atoms with van der Waals surface area (Å²) in [5.74, 6) is 9.47. The lowest BCUT2D eigenvalue weighted by molar-refractivity contribution is -0.0498. The highest BCUT2D eigenvalue weighted by molar-refractivity contribution is 5.84. The van der Waals surface area contributed by atoms with Crippen LogP contribution in [0.4, 0.5) is 0 Å². The molecule has 18 rings (SSSR count). The second-order valence-corrected chi connectivity index (χ2v) is 30.0. The maximum atomic E-state index is 2.81. The van der Waals surface area contributed by atoms with E-state index < -0.39 is 0 Å². The number of fused-ring (bicyclic) bond motifs is 12. The van der Waals surface area contributed by atoms with E-state index in [4.69, 9.17) is 0 Å². The van der Waals surface area contributed by atoms with Gasteiger partial charge in [0.2, 0.25) is 0 Å². The van der Waals surface area contributed by atoms with E-state index in [1.165, 1.54) is 105 Å². The minimum atomic E-state index is -0.0315. The molecule has 0 nitrogen and oxygen atoms in total. The van der Waals surface area contributed by atoms with Gasteiger partial charge in [-0.25, -0.2) is 0 Å². The molecule has 0 bridgehead atoms. The molecule has 0 aromatic heterocycles. The molecule has 0 heteroatoms. The standard InChI is InChI=1S/C80H78/c1-77(2)60-21-13-9-17-48(60)52-31-27-44(39-64(52)77)68-56-35-25-43-26-36-57-69(45-28-32-53-49-18-10-14-22-61(49)78(3,4)65(53)40-45)71(47-30-34-55-51-20-12-16-24-63(51)80(7,8)67(55)42-47)59-38-37-58(75-73(56)72(43)74(57)76(59)75)70(68)46-29-33-54-50-19-11-15-23-62(50)79(5,6)66(54)41-46/h9-24,27-34,39-43,56-59,68-76H,25-26,35-38H2,1-8H3. The summed E-state index contributed by atoms with van der Waals surface area (Å²) in [4.78, 5) is 0. The summed E-state index contributed by atoms with van der Waals surface area (Å²) >= 11 is 0. The zero-order valence-electron chi connectivity index (χ0n) is 48.5. The Hall–Kier alpha value is -6.24. The van der Waals surface area contributed by atoms with E-state index in [0.29, 0.717) is 47.3 Å². The first-order chi connectivity index (χ1) is 38.7. The predicted octanol–water partition coefficient (Wildman–Crippen LogP) is 19.9. The summed E-state index contributed by atoms with van der Waals surface area (Å²) in [7, 11) is 0. The Balaban J connectivity index is 0.836. The summed E-state index contributed by atoms with van der Waals surface area (Å²) in [5.41, 5.74) is 30.4. The molecule has 0 spiro atoms. The Bertz CT molecular complexity index is 3730. The third-order valence-electron chi connectivity index (χ3n) is 25.9. The predicted molar refractivity (Wildman–Crippen MR) is 330 cm³/mol. The minimum Gasteiger partial charge on any atom is -0.0619 e. The van der Waals surface area contributed by atoms with Crippen molar-refractivity contribution in [3.63, 3.8) is 0 Å². The van der Waals surface area contributed by atoms with E-state index in [-0.39, 0.29) is 21.7 Å². The zero-order valence-corrected chi connectivity index (χ0v) is 48.5. The van der Waals surface area contributed by atoms with E-state index >= 15 is 0 Å². The van der Waals surface area contributed by atoms with Crippen molar-refractivity contribution >= 4 is 0 Å². The van der Waals surface area contributed by atoms with Crippen LogP contribution in [0.1, 0.15) is 184 Å². The van der Waals surface area contributed by atoms with E-state index in [2.05, 4.69) is 225 Å². The summed E-state index contributed by atoms with van der Waals surface area (Å²) in [5, 5.41) is 0. The monoisotopic (exact) mass is 1040 g/mol. The van der Waals surface area contributed by atoms with Crippen molar-refractivity contribution in [1.29, 1.82) is 0 Å². The van der Waals surface area contributed by atoms with Gasteiger partial charge in [-0.3, -0.25) is 0 Å². The van der Waals surface area contributed by atoms with Gasteiger partial charge in [0.1, 0.15) is 0 Å². The Morgan fingerprint density at radius 1 is 0.237 bits per heavy atom. The summed E-state index contributed by atoms with van der Waals surface area (Å²) in [6, 6.07) is 69.7. The fraction of sp³-hybridized carbons (Fsp3) is 0.400. The highest BCUT2D eigenvalue weighted by atomic mass is 14.8. The molecule has 0 N–H and O–H groups in total. The van der Waals surface area contributed by atoms with Gasteiger partial charge in [0.25, 0.3) is 0 Å². The molecular formula is C80H78. The second-order valence-electron chi connectivity index (χ2n) is 30.0. The van der Waals surface area contributed by atoms with Crippen LogP contribution in [0.3, 0.4) is 0 Å². The van der Waals surface area contributed by atoms with Gasteiger partial charge in [-0.1, -0.05) is 225 Å². The number of hydrogen-bond acceptors (Lipinski definition) is 0. The molecule has 0 radical (unpaired) electrons. The van der Waals surface area contributed by atoms with E-state index in [9.17, 15) is 0 Å². The van der Waals surface area contributed by atoms with Gasteiger partial charge in [0.15, 0.2) is 0 Å².